The van der Waals surface area contributed by atoms with E-state index in [1.807, 2.05) is 11.3 Å². The van der Waals surface area contributed by atoms with Crippen LogP contribution in [0.4, 0.5) is 68.2 Å². The third kappa shape index (κ3) is 9.09. The molecule has 3 atom stereocenters. The smallest absolute Gasteiger partial charge is 0.264 e. The molecule has 0 amide bonds. The van der Waals surface area contributed by atoms with Crippen molar-refractivity contribution in [3.63, 3.8) is 0 Å². The van der Waals surface area contributed by atoms with Gasteiger partial charge < -0.3 is 24.3 Å². The van der Waals surface area contributed by atoms with Gasteiger partial charge in [-0.1, -0.05) is 222 Å². The largest absolute Gasteiger partial charge is 0.453 e. The van der Waals surface area contributed by atoms with Gasteiger partial charge in [-0.3, -0.25) is 0 Å². The number of nitrogens with zero attached hydrogens (tertiary/aromatic N) is 4. The highest BCUT2D eigenvalue weighted by atomic mass is 32.1. The highest BCUT2D eigenvalue weighted by molar-refractivity contribution is 7.33. The zero-order chi connectivity index (χ0) is 69.8. The first-order valence-corrected chi connectivity index (χ1v) is 39.2. The second-order valence-corrected chi connectivity index (χ2v) is 35.8. The summed E-state index contributed by atoms with van der Waals surface area (Å²) < 4.78 is 9.69. The average molecular weight is 1360 g/mol. The van der Waals surface area contributed by atoms with Crippen molar-refractivity contribution in [1.82, 2.24) is 0 Å². The molecule has 3 unspecified atom stereocenters. The van der Waals surface area contributed by atoms with Crippen LogP contribution in [0.1, 0.15) is 173 Å². The Bertz CT molecular complexity index is 5430. The predicted octanol–water partition coefficient (Wildman–Crippen LogP) is 25.5. The van der Waals surface area contributed by atoms with E-state index in [0.29, 0.717) is 11.8 Å². The fourth-order valence-corrected chi connectivity index (χ4v) is 22.7. The van der Waals surface area contributed by atoms with E-state index in [0.717, 1.165) is 64.9 Å². The third-order valence-electron chi connectivity index (χ3n) is 27.3. The first-order valence-electron chi connectivity index (χ1n) is 38.4. The van der Waals surface area contributed by atoms with Crippen LogP contribution in [0, 0.1) is 16.7 Å². The van der Waals surface area contributed by atoms with E-state index in [9.17, 15) is 0 Å². The van der Waals surface area contributed by atoms with Gasteiger partial charge in [0.1, 0.15) is 0 Å². The molecule has 0 radical (unpaired) electrons. The monoisotopic (exact) mass is 1360 g/mol. The number of hydrogen-bond acceptors (Lipinski definition) is 6. The summed E-state index contributed by atoms with van der Waals surface area (Å²) in [7, 11) is 0. The van der Waals surface area contributed by atoms with Crippen LogP contribution in [0.15, 0.2) is 237 Å². The highest BCUT2D eigenvalue weighted by Gasteiger charge is 2.71. The Morgan fingerprint density at radius 3 is 1.78 bits per heavy atom. The van der Waals surface area contributed by atoms with Crippen LogP contribution < -0.4 is 40.0 Å². The third-order valence-corrected chi connectivity index (χ3v) is 28.5. The molecule has 510 valence electrons. The van der Waals surface area contributed by atoms with Gasteiger partial charge in [-0.2, -0.15) is 0 Å². The van der Waals surface area contributed by atoms with E-state index in [-0.39, 0.29) is 39.2 Å². The second-order valence-electron chi connectivity index (χ2n) is 34.7. The minimum absolute atomic E-state index is 0.00218. The maximum absolute atomic E-state index is 6.94. The number of para-hydroxylation sites is 5. The van der Waals surface area contributed by atoms with E-state index >= 15 is 0 Å². The normalized spacial score (nSPS) is 21.1. The van der Waals surface area contributed by atoms with Crippen LogP contribution in [0.5, 0.6) is 11.5 Å². The molecule has 103 heavy (non-hydrogen) atoms. The van der Waals surface area contributed by atoms with Crippen LogP contribution in [-0.4, -0.2) is 6.71 Å². The van der Waals surface area contributed by atoms with Crippen molar-refractivity contribution in [3.8, 4) is 33.8 Å². The first kappa shape index (κ1) is 63.2. The van der Waals surface area contributed by atoms with Gasteiger partial charge in [0, 0.05) is 65.7 Å². The summed E-state index contributed by atoms with van der Waals surface area (Å²) in [6, 6.07) is 92.3. The molecule has 1 spiro atoms. The molecule has 12 aromatic rings. The molecule has 2 bridgehead atoms. The molecule has 20 rings (SSSR count). The van der Waals surface area contributed by atoms with Crippen molar-refractivity contribution in [2.24, 2.45) is 16.7 Å². The van der Waals surface area contributed by atoms with Crippen LogP contribution >= 0.6 is 11.3 Å². The van der Waals surface area contributed by atoms with E-state index in [1.165, 1.54) is 160 Å². The van der Waals surface area contributed by atoms with E-state index in [2.05, 4.69) is 325 Å². The Balaban J connectivity index is 0.915. The first-order chi connectivity index (χ1) is 49.8. The molecule has 3 fully saturated rings. The molecular weight excluding hydrogens is 1270 g/mol. The van der Waals surface area contributed by atoms with E-state index in [4.69, 9.17) is 4.74 Å². The Morgan fingerprint density at radius 2 is 1.09 bits per heavy atom. The van der Waals surface area contributed by atoms with Crippen LogP contribution in [0.3, 0.4) is 0 Å². The van der Waals surface area contributed by atoms with Gasteiger partial charge in [0.2, 0.25) is 0 Å². The molecule has 5 nitrogen and oxygen atoms in total. The van der Waals surface area contributed by atoms with Crippen LogP contribution in [0.2, 0.25) is 0 Å². The van der Waals surface area contributed by atoms with Crippen LogP contribution in [-0.2, 0) is 21.7 Å². The summed E-state index contributed by atoms with van der Waals surface area (Å²) in [5.74, 6) is 2.87. The molecule has 7 heteroatoms. The van der Waals surface area contributed by atoms with E-state index < -0.39 is 0 Å². The van der Waals surface area contributed by atoms with Gasteiger partial charge in [0.25, 0.3) is 6.71 Å². The van der Waals surface area contributed by atoms with Gasteiger partial charge in [-0.05, 0) is 248 Å². The fraction of sp³-hybridized carbons (Fsp3) is 0.292. The molecule has 3 saturated carbocycles. The summed E-state index contributed by atoms with van der Waals surface area (Å²) in [4.78, 5) is 10.6. The summed E-state index contributed by atoms with van der Waals surface area (Å²) in [6.45, 7) is 24.7. The van der Waals surface area contributed by atoms with Crippen LogP contribution in [0.25, 0.3) is 32.3 Å². The molecule has 8 aliphatic rings. The lowest BCUT2D eigenvalue weighted by molar-refractivity contribution is 0.0990. The predicted molar refractivity (Wildman–Crippen MR) is 436 cm³/mol. The topological polar surface area (TPSA) is 22.2 Å². The molecule has 3 aliphatic heterocycles. The highest BCUT2D eigenvalue weighted by Crippen LogP contribution is 2.78. The maximum Gasteiger partial charge on any atom is 0.264 e. The fourth-order valence-electron chi connectivity index (χ4n) is 21.3. The van der Waals surface area contributed by atoms with Crippen molar-refractivity contribution in [2.45, 2.75) is 161 Å². The average Bonchev–Trinajstić information content (AvgIpc) is 1.52. The van der Waals surface area contributed by atoms with Gasteiger partial charge in [-0.25, -0.2) is 0 Å². The number of thiophene rings is 1. The Hall–Kier alpha value is -9.56. The maximum atomic E-state index is 6.94. The lowest BCUT2D eigenvalue weighted by atomic mass is 9.36. The lowest BCUT2D eigenvalue weighted by Gasteiger charge is -2.48. The Morgan fingerprint density at radius 1 is 0.476 bits per heavy atom. The molecule has 1 aromatic heterocycles. The van der Waals surface area contributed by atoms with Gasteiger partial charge in [0.15, 0.2) is 11.5 Å². The Kier molecular flexibility index (Phi) is 13.8. The number of ether oxygens (including phenoxy) is 1. The SMILES string of the molecule is CC(C)(C)c1ccc(N(c2ccc3c(c2)N(c2ccc4c(c2)C2(CC5CCC2(C)C5(C)C)c2ccccc2-4)c2cc(N4c5ccccc5Oc5ccccc54)cc4c2B3c2sc3cc5c(cc3c2N4c2ccc(C3CCCCC3)cc2)C(C)(C)CCC5(C)C)c2ccccc2-c2ccccc2)cc1. The number of rotatable bonds is 8. The quantitative estimate of drug-likeness (QED) is 0.141. The minimum atomic E-state index is -0.168. The Labute approximate surface area is 613 Å². The van der Waals surface area contributed by atoms with Crippen molar-refractivity contribution >= 4 is 112 Å². The van der Waals surface area contributed by atoms with Gasteiger partial charge >= 0.3 is 0 Å². The summed E-state index contributed by atoms with van der Waals surface area (Å²) >= 11 is 2.05. The molecule has 4 heterocycles. The van der Waals surface area contributed by atoms with Crippen molar-refractivity contribution in [1.29, 1.82) is 0 Å². The molecular formula is C96H91BN4OS. The van der Waals surface area contributed by atoms with Crippen molar-refractivity contribution < 1.29 is 4.74 Å². The standard InChI is InChI=1S/C96H91BN4OS/c1-91(2,3)63-39-43-65(44-40-63)98(79-32-20-18-29-70(79)62-27-15-12-16-28-62)68-46-48-78-82(54-68)99(67-45-47-72-71-30-17-19-31-74(71)96(75(72)53-67)59-64-49-50-95(96,10)94(64,8)9)83-55-69(100-80-33-21-23-35-85(80)102-86-36-24-22-34-81(86)100)56-84-88(83)97(78)90-89(101(84)66-41-37-61(38-42-66)60-25-13-11-14-26-60)73-57-76-77(58-87(73)103-90)93(6,7)52-51-92(76,4)5/h12,15-24,27-48,53-58,60,64H,11,13-14,25-26,49-52,59H2,1-10H3. The van der Waals surface area contributed by atoms with Gasteiger partial charge in [0.05, 0.1) is 28.4 Å². The molecule has 5 aliphatic carbocycles. The summed E-state index contributed by atoms with van der Waals surface area (Å²) in [5, 5.41) is 1.34. The molecule has 0 N–H and O–H groups in total. The second kappa shape index (κ2) is 22.5. The zero-order valence-electron chi connectivity index (χ0n) is 61.4. The number of benzene rings is 11. The van der Waals surface area contributed by atoms with Crippen molar-refractivity contribution in [3.05, 3.63) is 270 Å². The zero-order valence-corrected chi connectivity index (χ0v) is 62.2. The lowest BCUT2D eigenvalue weighted by Crippen LogP contribution is -2.60. The van der Waals surface area contributed by atoms with E-state index in [1.54, 1.807) is 0 Å². The minimum Gasteiger partial charge on any atom is -0.453 e. The molecule has 0 saturated heterocycles. The number of anilines is 12. The van der Waals surface area contributed by atoms with Gasteiger partial charge in [-0.15, -0.1) is 11.3 Å². The number of fused-ring (bicyclic) bond motifs is 17. The summed E-state index contributed by atoms with van der Waals surface area (Å²) in [6.07, 6.45) is 12.4. The summed E-state index contributed by atoms with van der Waals surface area (Å²) in [5.41, 5.74) is 30.3. The molecule has 11 aromatic carbocycles. The van der Waals surface area contributed by atoms with Crippen molar-refractivity contribution in [2.75, 3.05) is 19.6 Å². The number of hydrogen-bond donors (Lipinski definition) is 0.